The Labute approximate surface area is 161 Å². The van der Waals surface area contributed by atoms with Gasteiger partial charge in [0, 0.05) is 18.4 Å². The van der Waals surface area contributed by atoms with Crippen molar-refractivity contribution in [1.82, 2.24) is 9.78 Å². The van der Waals surface area contributed by atoms with Crippen LogP contribution < -0.4 is 5.56 Å². The molecule has 0 spiro atoms. The van der Waals surface area contributed by atoms with Crippen molar-refractivity contribution in [2.75, 3.05) is 0 Å². The number of hydrogen-bond donors (Lipinski definition) is 0. The molecule has 1 atom stereocenters. The Morgan fingerprint density at radius 2 is 2.15 bits per heavy atom. The molecular formula is C17H13F3N4OS2. The van der Waals surface area contributed by atoms with E-state index >= 15 is 0 Å². The number of aryl methyl sites for hydroxylation is 1. The number of nitrogens with zero attached hydrogens (tertiary/aromatic N) is 4. The maximum atomic E-state index is 12.8. The third-order valence-corrected chi connectivity index (χ3v) is 6.27. The average molecular weight is 410 g/mol. The second kappa shape index (κ2) is 7.40. The number of aliphatic imine (C=N–C) groups is 1. The van der Waals surface area contributed by atoms with E-state index < -0.39 is 11.7 Å². The standard InChI is InChI=1S/C17H13F3N4OS2/c1-9-13-7-22-24(2)15(25)14(13)27-16(23-9)26-8-10-3-4-12(17(18,19)20)5-11(10)6-21/h3-5,7,9H,8H2,1-2H3. The average Bonchev–Trinajstić information content (AvgIpc) is 2.62. The quantitative estimate of drug-likeness (QED) is 0.745. The molecule has 2 heterocycles. The summed E-state index contributed by atoms with van der Waals surface area (Å²) >= 11 is 2.51. The Balaban J connectivity index is 1.81. The van der Waals surface area contributed by atoms with E-state index in [0.717, 1.165) is 17.7 Å². The summed E-state index contributed by atoms with van der Waals surface area (Å²) < 4.78 is 40.3. The number of alkyl halides is 3. The normalized spacial score (nSPS) is 16.4. The summed E-state index contributed by atoms with van der Waals surface area (Å²) in [6.07, 6.45) is -2.88. The molecule has 1 aromatic carbocycles. The predicted molar refractivity (Wildman–Crippen MR) is 98.6 cm³/mol. The molecule has 1 aliphatic rings. The fourth-order valence-electron chi connectivity index (χ4n) is 2.46. The number of nitriles is 1. The molecule has 0 amide bonds. The summed E-state index contributed by atoms with van der Waals surface area (Å²) in [6.45, 7) is 1.85. The summed E-state index contributed by atoms with van der Waals surface area (Å²) in [7, 11) is 1.56. The first-order valence-electron chi connectivity index (χ1n) is 7.75. The summed E-state index contributed by atoms with van der Waals surface area (Å²) in [6, 6.07) is 4.70. The second-order valence-corrected chi connectivity index (χ2v) is 8.02. The van der Waals surface area contributed by atoms with Gasteiger partial charge in [-0.1, -0.05) is 29.6 Å². The monoisotopic (exact) mass is 410 g/mol. The van der Waals surface area contributed by atoms with E-state index in [9.17, 15) is 23.2 Å². The molecule has 3 rings (SSSR count). The van der Waals surface area contributed by atoms with Gasteiger partial charge in [0.25, 0.3) is 5.56 Å². The number of halogens is 3. The van der Waals surface area contributed by atoms with Gasteiger partial charge >= 0.3 is 6.18 Å². The first-order valence-corrected chi connectivity index (χ1v) is 9.55. The van der Waals surface area contributed by atoms with Crippen molar-refractivity contribution in [3.8, 4) is 6.07 Å². The van der Waals surface area contributed by atoms with Gasteiger partial charge in [-0.15, -0.1) is 0 Å². The van der Waals surface area contributed by atoms with Crippen molar-refractivity contribution >= 4 is 27.9 Å². The number of benzene rings is 1. The van der Waals surface area contributed by atoms with Crippen molar-refractivity contribution in [1.29, 1.82) is 5.26 Å². The van der Waals surface area contributed by atoms with Crippen molar-refractivity contribution in [3.63, 3.8) is 0 Å². The van der Waals surface area contributed by atoms with E-state index in [4.69, 9.17) is 0 Å². The maximum absolute atomic E-state index is 12.8. The third kappa shape index (κ3) is 4.04. The second-order valence-electron chi connectivity index (χ2n) is 5.80. The fourth-order valence-corrected chi connectivity index (χ4v) is 4.83. The van der Waals surface area contributed by atoms with Gasteiger partial charge in [-0.3, -0.25) is 9.79 Å². The van der Waals surface area contributed by atoms with E-state index in [1.807, 2.05) is 13.0 Å². The van der Waals surface area contributed by atoms with E-state index in [1.165, 1.54) is 34.3 Å². The van der Waals surface area contributed by atoms with Crippen LogP contribution in [0.15, 0.2) is 39.1 Å². The molecule has 0 aliphatic carbocycles. The minimum absolute atomic E-state index is 0.0210. The molecule has 0 bridgehead atoms. The zero-order valence-corrected chi connectivity index (χ0v) is 15.9. The highest BCUT2D eigenvalue weighted by Gasteiger charge is 2.31. The minimum atomic E-state index is -4.49. The molecule has 27 heavy (non-hydrogen) atoms. The molecule has 10 heteroatoms. The Bertz CT molecular complexity index is 1020. The number of rotatable bonds is 2. The van der Waals surface area contributed by atoms with Crippen molar-refractivity contribution in [2.24, 2.45) is 12.0 Å². The van der Waals surface area contributed by atoms with Crippen LogP contribution in [-0.2, 0) is 19.0 Å². The Morgan fingerprint density at radius 3 is 2.81 bits per heavy atom. The van der Waals surface area contributed by atoms with Gasteiger partial charge < -0.3 is 0 Å². The molecule has 0 N–H and O–H groups in total. The van der Waals surface area contributed by atoms with Crippen LogP contribution in [0.5, 0.6) is 0 Å². The van der Waals surface area contributed by atoms with Crippen LogP contribution in [0.2, 0.25) is 0 Å². The lowest BCUT2D eigenvalue weighted by Gasteiger charge is -2.19. The van der Waals surface area contributed by atoms with Crippen LogP contribution >= 0.6 is 23.5 Å². The third-order valence-electron chi connectivity index (χ3n) is 3.97. The molecular weight excluding hydrogens is 397 g/mol. The van der Waals surface area contributed by atoms with Crippen LogP contribution in [0.25, 0.3) is 0 Å². The van der Waals surface area contributed by atoms with Crippen molar-refractivity contribution in [2.45, 2.75) is 29.8 Å². The van der Waals surface area contributed by atoms with Gasteiger partial charge in [0.05, 0.1) is 34.3 Å². The van der Waals surface area contributed by atoms with E-state index in [1.54, 1.807) is 13.2 Å². The largest absolute Gasteiger partial charge is 0.416 e. The zero-order chi connectivity index (χ0) is 19.8. The highest BCUT2D eigenvalue weighted by molar-refractivity contribution is 8.38. The van der Waals surface area contributed by atoms with Crippen LogP contribution in [0.3, 0.4) is 0 Å². The summed E-state index contributed by atoms with van der Waals surface area (Å²) in [5, 5.41) is 13.2. The minimum Gasteiger partial charge on any atom is -0.267 e. The van der Waals surface area contributed by atoms with Crippen molar-refractivity contribution in [3.05, 3.63) is 57.0 Å². The SMILES string of the molecule is CC1N=C(SCc2ccc(C(F)(F)F)cc2C#N)Sc2c1cnn(C)c2=O. The molecule has 5 nitrogen and oxygen atoms in total. The lowest BCUT2D eigenvalue weighted by Crippen LogP contribution is -2.24. The number of thioether (sulfide) groups is 2. The van der Waals surface area contributed by atoms with Crippen molar-refractivity contribution < 1.29 is 13.2 Å². The van der Waals surface area contributed by atoms with E-state index in [-0.39, 0.29) is 22.9 Å². The van der Waals surface area contributed by atoms with Crippen LogP contribution in [-0.4, -0.2) is 14.2 Å². The molecule has 1 aromatic heterocycles. The maximum Gasteiger partial charge on any atom is 0.416 e. The summed E-state index contributed by atoms with van der Waals surface area (Å²) in [5.74, 6) is 0.278. The van der Waals surface area contributed by atoms with Gasteiger partial charge in [0.2, 0.25) is 0 Å². The number of aromatic nitrogens is 2. The molecule has 140 valence electrons. The smallest absolute Gasteiger partial charge is 0.267 e. The predicted octanol–water partition coefficient (Wildman–Crippen LogP) is 4.13. The lowest BCUT2D eigenvalue weighted by molar-refractivity contribution is -0.137. The Hall–Kier alpha value is -2.25. The van der Waals surface area contributed by atoms with Crippen LogP contribution in [0, 0.1) is 11.3 Å². The van der Waals surface area contributed by atoms with Gasteiger partial charge in [0.15, 0.2) is 0 Å². The topological polar surface area (TPSA) is 71.0 Å². The number of fused-ring (bicyclic) bond motifs is 1. The van der Waals surface area contributed by atoms with Crippen LogP contribution in [0.1, 0.15) is 35.2 Å². The highest BCUT2D eigenvalue weighted by atomic mass is 32.2. The van der Waals surface area contributed by atoms with E-state index in [0.29, 0.717) is 14.8 Å². The molecule has 0 saturated carbocycles. The molecule has 0 fully saturated rings. The fraction of sp³-hybridized carbons (Fsp3) is 0.294. The molecule has 1 aliphatic heterocycles. The van der Waals surface area contributed by atoms with Gasteiger partial charge in [-0.2, -0.15) is 23.5 Å². The highest BCUT2D eigenvalue weighted by Crippen LogP contribution is 2.38. The first-order chi connectivity index (χ1) is 12.7. The van der Waals surface area contributed by atoms with Gasteiger partial charge in [-0.25, -0.2) is 4.68 Å². The first kappa shape index (κ1) is 19.5. The van der Waals surface area contributed by atoms with Gasteiger partial charge in [-0.05, 0) is 24.6 Å². The van der Waals surface area contributed by atoms with Crippen LogP contribution in [0.4, 0.5) is 13.2 Å². The zero-order valence-electron chi connectivity index (χ0n) is 14.2. The van der Waals surface area contributed by atoms with E-state index in [2.05, 4.69) is 10.1 Å². The summed E-state index contributed by atoms with van der Waals surface area (Å²) in [4.78, 5) is 17.3. The summed E-state index contributed by atoms with van der Waals surface area (Å²) in [5.41, 5.74) is 0.146. The molecule has 1 unspecified atom stereocenters. The lowest BCUT2D eigenvalue weighted by atomic mass is 10.1. The molecule has 0 radical (unpaired) electrons. The Morgan fingerprint density at radius 1 is 1.41 bits per heavy atom. The van der Waals surface area contributed by atoms with Gasteiger partial charge in [0.1, 0.15) is 4.38 Å². The Kier molecular flexibility index (Phi) is 5.35. The molecule has 0 saturated heterocycles. The number of hydrogen-bond acceptors (Lipinski definition) is 6. The molecule has 2 aromatic rings.